The molecular formula is C18H21F3N2O2S. The fourth-order valence-electron chi connectivity index (χ4n) is 2.41. The largest absolute Gasteiger partial charge is 0.424 e. The number of nitrogens with zero attached hydrogens (tertiary/aromatic N) is 1. The van der Waals surface area contributed by atoms with Gasteiger partial charge in [-0.2, -0.15) is 13.2 Å². The SMILES string of the molecule is CCCCc1ccc(NC(=O)C[C@](O)(c2nc(C)cs2)C(F)(F)F)cc1. The maximum absolute atomic E-state index is 13.4. The summed E-state index contributed by atoms with van der Waals surface area (Å²) in [5, 5.41) is 13.5. The highest BCUT2D eigenvalue weighted by atomic mass is 32.1. The molecule has 8 heteroatoms. The van der Waals surface area contributed by atoms with Crippen LogP contribution in [-0.2, 0) is 16.8 Å². The first-order chi connectivity index (χ1) is 12.2. The summed E-state index contributed by atoms with van der Waals surface area (Å²) in [5.74, 6) is -0.931. The normalized spacial score (nSPS) is 14.1. The van der Waals surface area contributed by atoms with Gasteiger partial charge in [-0.15, -0.1) is 11.3 Å². The molecule has 0 fully saturated rings. The molecule has 0 radical (unpaired) electrons. The van der Waals surface area contributed by atoms with Gasteiger partial charge >= 0.3 is 6.18 Å². The van der Waals surface area contributed by atoms with E-state index in [1.54, 1.807) is 12.1 Å². The van der Waals surface area contributed by atoms with E-state index in [4.69, 9.17) is 0 Å². The molecule has 2 aromatic rings. The molecule has 0 saturated carbocycles. The Labute approximate surface area is 154 Å². The number of anilines is 1. The quantitative estimate of drug-likeness (QED) is 0.733. The zero-order chi connectivity index (χ0) is 19.4. The Morgan fingerprint density at radius 2 is 1.92 bits per heavy atom. The van der Waals surface area contributed by atoms with Crippen molar-refractivity contribution in [3.8, 4) is 0 Å². The number of amides is 1. The van der Waals surface area contributed by atoms with Crippen LogP contribution in [-0.4, -0.2) is 22.2 Å². The number of hydrogen-bond donors (Lipinski definition) is 2. The molecule has 0 saturated heterocycles. The summed E-state index contributed by atoms with van der Waals surface area (Å²) < 4.78 is 40.2. The van der Waals surface area contributed by atoms with Crippen LogP contribution in [0, 0.1) is 6.92 Å². The Bertz CT molecular complexity index is 744. The lowest BCUT2D eigenvalue weighted by atomic mass is 9.99. The van der Waals surface area contributed by atoms with E-state index < -0.39 is 29.1 Å². The highest BCUT2D eigenvalue weighted by Crippen LogP contribution is 2.42. The molecule has 0 aliphatic carbocycles. The number of thiazole rings is 1. The number of aliphatic hydroxyl groups is 1. The van der Waals surface area contributed by atoms with E-state index in [-0.39, 0.29) is 0 Å². The van der Waals surface area contributed by atoms with E-state index in [1.807, 2.05) is 12.1 Å². The lowest BCUT2D eigenvalue weighted by Gasteiger charge is -2.27. The molecule has 142 valence electrons. The maximum Gasteiger partial charge on any atom is 0.424 e. The third kappa shape index (κ3) is 4.82. The number of carbonyl (C=O) groups excluding carboxylic acids is 1. The van der Waals surface area contributed by atoms with Gasteiger partial charge in [0.2, 0.25) is 11.5 Å². The van der Waals surface area contributed by atoms with Gasteiger partial charge in [0, 0.05) is 16.8 Å². The Hall–Kier alpha value is -1.93. The van der Waals surface area contributed by atoms with Crippen molar-refractivity contribution in [3.05, 3.63) is 45.9 Å². The van der Waals surface area contributed by atoms with E-state index in [2.05, 4.69) is 17.2 Å². The van der Waals surface area contributed by atoms with E-state index in [1.165, 1.54) is 12.3 Å². The molecule has 2 rings (SSSR count). The number of unbranched alkanes of at least 4 members (excludes halogenated alkanes) is 1. The molecule has 1 aromatic heterocycles. The Morgan fingerprint density at radius 1 is 1.27 bits per heavy atom. The Kier molecular flexibility index (Phi) is 6.41. The van der Waals surface area contributed by atoms with Crippen LogP contribution >= 0.6 is 11.3 Å². The fourth-order valence-corrected chi connectivity index (χ4v) is 3.33. The van der Waals surface area contributed by atoms with Crippen LogP contribution < -0.4 is 5.32 Å². The van der Waals surface area contributed by atoms with Gasteiger partial charge in [-0.05, 0) is 37.5 Å². The predicted octanol–water partition coefficient (Wildman–Crippen LogP) is 4.57. The molecular weight excluding hydrogens is 365 g/mol. The van der Waals surface area contributed by atoms with Crippen LogP contribution in [0.3, 0.4) is 0 Å². The summed E-state index contributed by atoms with van der Waals surface area (Å²) in [4.78, 5) is 15.8. The molecule has 0 bridgehead atoms. The minimum absolute atomic E-state index is 0.357. The average Bonchev–Trinajstić information content (AvgIpc) is 3.00. The molecule has 2 N–H and O–H groups in total. The molecule has 1 amide bonds. The van der Waals surface area contributed by atoms with Crippen LogP contribution in [0.5, 0.6) is 0 Å². The minimum atomic E-state index is -5.02. The Balaban J connectivity index is 2.10. The summed E-state index contributed by atoms with van der Waals surface area (Å²) in [5.41, 5.74) is -1.47. The molecule has 1 heterocycles. The van der Waals surface area contributed by atoms with Crippen LogP contribution in [0.2, 0.25) is 0 Å². The van der Waals surface area contributed by atoms with Gasteiger partial charge in [-0.1, -0.05) is 25.5 Å². The van der Waals surface area contributed by atoms with Crippen molar-refractivity contribution in [1.29, 1.82) is 0 Å². The number of halogens is 3. The zero-order valence-electron chi connectivity index (χ0n) is 14.6. The summed E-state index contributed by atoms with van der Waals surface area (Å²) >= 11 is 0.680. The number of aromatic nitrogens is 1. The minimum Gasteiger partial charge on any atom is -0.374 e. The summed E-state index contributed by atoms with van der Waals surface area (Å²) in [6, 6.07) is 6.93. The predicted molar refractivity (Wildman–Crippen MR) is 95.1 cm³/mol. The van der Waals surface area contributed by atoms with Crippen molar-refractivity contribution >= 4 is 22.9 Å². The first-order valence-electron chi connectivity index (χ1n) is 8.26. The van der Waals surface area contributed by atoms with Crippen LogP contribution in [0.4, 0.5) is 18.9 Å². The lowest BCUT2D eigenvalue weighted by Crippen LogP contribution is -2.45. The first-order valence-corrected chi connectivity index (χ1v) is 9.14. The van der Waals surface area contributed by atoms with Gasteiger partial charge in [-0.25, -0.2) is 4.98 Å². The summed E-state index contributed by atoms with van der Waals surface area (Å²) in [7, 11) is 0. The second-order valence-electron chi connectivity index (χ2n) is 6.18. The van der Waals surface area contributed by atoms with Crippen molar-refractivity contribution in [2.45, 2.75) is 51.3 Å². The molecule has 0 aliphatic rings. The third-order valence-electron chi connectivity index (χ3n) is 3.91. The third-order valence-corrected chi connectivity index (χ3v) is 5.03. The highest BCUT2D eigenvalue weighted by Gasteiger charge is 2.58. The molecule has 0 spiro atoms. The van der Waals surface area contributed by atoms with Gasteiger partial charge in [0.1, 0.15) is 5.01 Å². The molecule has 0 aliphatic heterocycles. The monoisotopic (exact) mass is 386 g/mol. The number of hydrogen-bond acceptors (Lipinski definition) is 4. The highest BCUT2D eigenvalue weighted by molar-refractivity contribution is 7.09. The van der Waals surface area contributed by atoms with Crippen molar-refractivity contribution < 1.29 is 23.1 Å². The Morgan fingerprint density at radius 3 is 2.42 bits per heavy atom. The zero-order valence-corrected chi connectivity index (χ0v) is 15.4. The number of carbonyl (C=O) groups is 1. The summed E-state index contributed by atoms with van der Waals surface area (Å²) in [6.45, 7) is 3.61. The standard InChI is InChI=1S/C18H21F3N2O2S/c1-3-4-5-13-6-8-14(9-7-13)23-15(24)10-17(25,18(19,20)21)16-22-12(2)11-26-16/h6-9,11,25H,3-5,10H2,1-2H3,(H,23,24)/t17-/m0/s1. The topological polar surface area (TPSA) is 62.2 Å². The van der Waals surface area contributed by atoms with Crippen molar-refractivity contribution in [2.75, 3.05) is 5.32 Å². The van der Waals surface area contributed by atoms with Gasteiger partial charge in [0.15, 0.2) is 0 Å². The van der Waals surface area contributed by atoms with Gasteiger partial charge in [0.25, 0.3) is 0 Å². The van der Waals surface area contributed by atoms with Gasteiger partial charge in [-0.3, -0.25) is 4.79 Å². The maximum atomic E-state index is 13.4. The van der Waals surface area contributed by atoms with Crippen LogP contribution in [0.25, 0.3) is 0 Å². The van der Waals surface area contributed by atoms with E-state index >= 15 is 0 Å². The van der Waals surface area contributed by atoms with Crippen LogP contribution in [0.15, 0.2) is 29.6 Å². The number of rotatable bonds is 7. The fraction of sp³-hybridized carbons (Fsp3) is 0.444. The number of aryl methyl sites for hydroxylation is 2. The van der Waals surface area contributed by atoms with Crippen molar-refractivity contribution in [3.63, 3.8) is 0 Å². The van der Waals surface area contributed by atoms with Gasteiger partial charge in [0.05, 0.1) is 6.42 Å². The van der Waals surface area contributed by atoms with Crippen LogP contribution in [0.1, 0.15) is 42.5 Å². The molecule has 26 heavy (non-hydrogen) atoms. The number of alkyl halides is 3. The number of benzene rings is 1. The van der Waals surface area contributed by atoms with Crippen molar-refractivity contribution in [1.82, 2.24) is 4.98 Å². The molecule has 0 unspecified atom stereocenters. The molecule has 1 aromatic carbocycles. The van der Waals surface area contributed by atoms with E-state index in [0.717, 1.165) is 24.8 Å². The average molecular weight is 386 g/mol. The second-order valence-corrected chi connectivity index (χ2v) is 7.04. The molecule has 4 nitrogen and oxygen atoms in total. The van der Waals surface area contributed by atoms with Gasteiger partial charge < -0.3 is 10.4 Å². The molecule has 1 atom stereocenters. The van der Waals surface area contributed by atoms with Crippen molar-refractivity contribution in [2.24, 2.45) is 0 Å². The smallest absolute Gasteiger partial charge is 0.374 e. The number of nitrogens with one attached hydrogen (secondary N) is 1. The lowest BCUT2D eigenvalue weighted by molar-refractivity contribution is -0.266. The van der Waals surface area contributed by atoms with E-state index in [0.29, 0.717) is 22.7 Å². The second kappa shape index (κ2) is 8.18. The van der Waals surface area contributed by atoms with E-state index in [9.17, 15) is 23.1 Å². The summed E-state index contributed by atoms with van der Waals surface area (Å²) in [6.07, 6.45) is -3.16. The first kappa shape index (κ1) is 20.4.